The molecule has 116 valence electrons. The summed E-state index contributed by atoms with van der Waals surface area (Å²) in [5, 5.41) is 8.89. The molecule has 1 N–H and O–H groups in total. The fourth-order valence-corrected chi connectivity index (χ4v) is 3.94. The van der Waals surface area contributed by atoms with Gasteiger partial charge in [-0.2, -0.15) is 0 Å². The molecule has 0 aromatic rings. The first-order valence-electron chi connectivity index (χ1n) is 8.75. The molecule has 2 aliphatic carbocycles. The van der Waals surface area contributed by atoms with Crippen molar-refractivity contribution >= 4 is 5.91 Å². The maximum absolute atomic E-state index is 12.7. The van der Waals surface area contributed by atoms with E-state index in [4.69, 9.17) is 5.11 Å². The molecule has 0 heterocycles. The van der Waals surface area contributed by atoms with Crippen molar-refractivity contribution in [2.24, 2.45) is 0 Å². The summed E-state index contributed by atoms with van der Waals surface area (Å²) in [7, 11) is 0. The van der Waals surface area contributed by atoms with E-state index in [1.807, 2.05) is 0 Å². The van der Waals surface area contributed by atoms with Crippen LogP contribution in [0, 0.1) is 0 Å². The van der Waals surface area contributed by atoms with Crippen LogP contribution >= 0.6 is 0 Å². The molecule has 0 aromatic heterocycles. The number of aliphatic hydroxyl groups excluding tert-OH is 1. The lowest BCUT2D eigenvalue weighted by Crippen LogP contribution is -2.48. The van der Waals surface area contributed by atoms with Gasteiger partial charge >= 0.3 is 0 Å². The minimum atomic E-state index is 0.208. The Labute approximate surface area is 123 Å². The number of hydrogen-bond donors (Lipinski definition) is 1. The summed E-state index contributed by atoms with van der Waals surface area (Å²) < 4.78 is 0. The summed E-state index contributed by atoms with van der Waals surface area (Å²) in [5.41, 5.74) is 0. The van der Waals surface area contributed by atoms with E-state index in [9.17, 15) is 4.79 Å². The Balaban J connectivity index is 1.95. The molecule has 3 heteroatoms. The lowest BCUT2D eigenvalue weighted by molar-refractivity contribution is -0.138. The molecule has 2 fully saturated rings. The minimum absolute atomic E-state index is 0.208. The van der Waals surface area contributed by atoms with Crippen molar-refractivity contribution in [1.82, 2.24) is 4.90 Å². The van der Waals surface area contributed by atoms with Crippen LogP contribution in [-0.2, 0) is 4.79 Å². The van der Waals surface area contributed by atoms with Gasteiger partial charge < -0.3 is 10.0 Å². The van der Waals surface area contributed by atoms with E-state index in [1.165, 1.54) is 64.2 Å². The third kappa shape index (κ3) is 4.47. The first-order chi connectivity index (χ1) is 9.83. The number of amides is 1. The second-order valence-corrected chi connectivity index (χ2v) is 6.57. The quantitative estimate of drug-likeness (QED) is 0.755. The molecular formula is C17H31NO2. The van der Waals surface area contributed by atoms with Crippen LogP contribution in [0.2, 0.25) is 0 Å². The van der Waals surface area contributed by atoms with Gasteiger partial charge in [-0.15, -0.1) is 0 Å². The summed E-state index contributed by atoms with van der Waals surface area (Å²) in [5.74, 6) is 0.359. The van der Waals surface area contributed by atoms with Gasteiger partial charge in [-0.1, -0.05) is 38.5 Å². The Hall–Kier alpha value is -0.570. The molecule has 2 rings (SSSR count). The molecule has 20 heavy (non-hydrogen) atoms. The fourth-order valence-electron chi connectivity index (χ4n) is 3.94. The van der Waals surface area contributed by atoms with Gasteiger partial charge in [-0.25, -0.2) is 0 Å². The molecule has 0 saturated heterocycles. The SMILES string of the molecule is O=C(CCCCO)N(C1CCCCC1)C1CCCCC1. The zero-order valence-corrected chi connectivity index (χ0v) is 12.9. The molecule has 1 amide bonds. The van der Waals surface area contributed by atoms with E-state index in [0.29, 0.717) is 24.4 Å². The second-order valence-electron chi connectivity index (χ2n) is 6.57. The van der Waals surface area contributed by atoms with E-state index in [-0.39, 0.29) is 6.61 Å². The number of hydrogen-bond acceptors (Lipinski definition) is 2. The molecule has 0 aliphatic heterocycles. The molecule has 0 spiro atoms. The van der Waals surface area contributed by atoms with Crippen molar-refractivity contribution in [2.45, 2.75) is 95.6 Å². The van der Waals surface area contributed by atoms with Gasteiger partial charge in [0.25, 0.3) is 0 Å². The van der Waals surface area contributed by atoms with Gasteiger partial charge in [-0.3, -0.25) is 4.79 Å². The average Bonchev–Trinajstić information content (AvgIpc) is 2.50. The third-order valence-electron chi connectivity index (χ3n) is 5.02. The number of unbranched alkanes of at least 4 members (excludes halogenated alkanes) is 1. The van der Waals surface area contributed by atoms with Gasteiger partial charge in [0.15, 0.2) is 0 Å². The molecule has 2 saturated carbocycles. The van der Waals surface area contributed by atoms with E-state index >= 15 is 0 Å². The van der Waals surface area contributed by atoms with Crippen LogP contribution in [0.15, 0.2) is 0 Å². The van der Waals surface area contributed by atoms with Crippen LogP contribution in [0.1, 0.15) is 83.5 Å². The van der Waals surface area contributed by atoms with Crippen molar-refractivity contribution in [3.63, 3.8) is 0 Å². The lowest BCUT2D eigenvalue weighted by Gasteiger charge is -2.42. The molecule has 2 aliphatic rings. The highest BCUT2D eigenvalue weighted by molar-refractivity contribution is 5.77. The second kappa shape index (κ2) is 8.66. The first kappa shape index (κ1) is 15.8. The largest absolute Gasteiger partial charge is 0.396 e. The van der Waals surface area contributed by atoms with Crippen molar-refractivity contribution in [3.05, 3.63) is 0 Å². The highest BCUT2D eigenvalue weighted by Gasteiger charge is 2.31. The van der Waals surface area contributed by atoms with Crippen LogP contribution < -0.4 is 0 Å². The zero-order valence-electron chi connectivity index (χ0n) is 12.9. The van der Waals surface area contributed by atoms with Gasteiger partial charge in [0.1, 0.15) is 0 Å². The summed E-state index contributed by atoms with van der Waals surface area (Å²) >= 11 is 0. The summed E-state index contributed by atoms with van der Waals surface area (Å²) in [4.78, 5) is 14.9. The van der Waals surface area contributed by atoms with Gasteiger partial charge in [0.05, 0.1) is 0 Å². The maximum atomic E-state index is 12.7. The summed E-state index contributed by atoms with van der Waals surface area (Å²) in [6.45, 7) is 0.208. The van der Waals surface area contributed by atoms with Crippen molar-refractivity contribution < 1.29 is 9.90 Å². The number of nitrogens with zero attached hydrogens (tertiary/aromatic N) is 1. The Morgan fingerprint density at radius 3 is 1.80 bits per heavy atom. The minimum Gasteiger partial charge on any atom is -0.396 e. The molecule has 0 bridgehead atoms. The van der Waals surface area contributed by atoms with E-state index in [1.54, 1.807) is 0 Å². The van der Waals surface area contributed by atoms with Crippen LogP contribution in [0.3, 0.4) is 0 Å². The Morgan fingerprint density at radius 2 is 1.35 bits per heavy atom. The summed E-state index contributed by atoms with van der Waals surface area (Å²) in [6, 6.07) is 1.02. The van der Waals surface area contributed by atoms with Crippen LogP contribution in [0.25, 0.3) is 0 Å². The number of carbonyl (C=O) groups excluding carboxylic acids is 1. The molecule has 0 aromatic carbocycles. The molecule has 0 radical (unpaired) electrons. The molecule has 3 nitrogen and oxygen atoms in total. The topological polar surface area (TPSA) is 40.5 Å². The predicted molar refractivity (Wildman–Crippen MR) is 81.5 cm³/mol. The van der Waals surface area contributed by atoms with Gasteiger partial charge in [0.2, 0.25) is 5.91 Å². The highest BCUT2D eigenvalue weighted by Crippen LogP contribution is 2.30. The predicted octanol–water partition coefficient (Wildman–Crippen LogP) is 3.64. The van der Waals surface area contributed by atoms with Crippen LogP contribution in [-0.4, -0.2) is 34.6 Å². The molecule has 0 atom stereocenters. The van der Waals surface area contributed by atoms with Crippen LogP contribution in [0.5, 0.6) is 0 Å². The monoisotopic (exact) mass is 281 g/mol. The van der Waals surface area contributed by atoms with Crippen molar-refractivity contribution in [3.8, 4) is 0 Å². The average molecular weight is 281 g/mol. The number of carbonyl (C=O) groups is 1. The maximum Gasteiger partial charge on any atom is 0.223 e. The number of aliphatic hydroxyl groups is 1. The van der Waals surface area contributed by atoms with E-state index in [2.05, 4.69) is 4.90 Å². The van der Waals surface area contributed by atoms with Crippen molar-refractivity contribution in [1.29, 1.82) is 0 Å². The van der Waals surface area contributed by atoms with Crippen molar-refractivity contribution in [2.75, 3.05) is 6.61 Å². The Bertz CT molecular complexity index is 263. The van der Waals surface area contributed by atoms with Gasteiger partial charge in [0, 0.05) is 25.1 Å². The van der Waals surface area contributed by atoms with E-state index in [0.717, 1.165) is 12.8 Å². The fraction of sp³-hybridized carbons (Fsp3) is 0.941. The Kier molecular flexibility index (Phi) is 6.85. The highest BCUT2D eigenvalue weighted by atomic mass is 16.3. The normalized spacial score (nSPS) is 21.9. The first-order valence-corrected chi connectivity index (χ1v) is 8.75. The Morgan fingerprint density at radius 1 is 0.850 bits per heavy atom. The lowest BCUT2D eigenvalue weighted by atomic mass is 9.88. The van der Waals surface area contributed by atoms with Gasteiger partial charge in [-0.05, 0) is 38.5 Å². The standard InChI is InChI=1S/C17H31NO2/c19-14-8-7-13-17(20)18(15-9-3-1-4-10-15)16-11-5-2-6-12-16/h15-16,19H,1-14H2. The smallest absolute Gasteiger partial charge is 0.223 e. The number of rotatable bonds is 6. The molecule has 0 unspecified atom stereocenters. The zero-order chi connectivity index (χ0) is 14.2. The molecular weight excluding hydrogens is 250 g/mol. The third-order valence-corrected chi connectivity index (χ3v) is 5.02. The summed E-state index contributed by atoms with van der Waals surface area (Å²) in [6.07, 6.45) is 14.9. The van der Waals surface area contributed by atoms with Crippen LogP contribution in [0.4, 0.5) is 0 Å². The van der Waals surface area contributed by atoms with E-state index < -0.39 is 0 Å².